The number of aromatic nitrogens is 6. The van der Waals surface area contributed by atoms with Crippen molar-refractivity contribution in [2.75, 3.05) is 28.6 Å². The molecule has 190 valence electrons. The van der Waals surface area contributed by atoms with E-state index in [0.717, 1.165) is 11.5 Å². The molecule has 2 atom stereocenters. The van der Waals surface area contributed by atoms with Crippen LogP contribution in [0, 0.1) is 11.3 Å². The number of nitrogens with one attached hydrogen (secondary N) is 2. The van der Waals surface area contributed by atoms with Crippen LogP contribution in [0.1, 0.15) is 38.6 Å². The van der Waals surface area contributed by atoms with Gasteiger partial charge in [-0.05, 0) is 24.6 Å². The number of nitriles is 1. The van der Waals surface area contributed by atoms with Gasteiger partial charge in [0.2, 0.25) is 5.95 Å². The van der Waals surface area contributed by atoms with Crippen LogP contribution in [-0.4, -0.2) is 54.9 Å². The topological polar surface area (TPSA) is 120 Å². The highest BCUT2D eigenvalue weighted by Gasteiger charge is 2.30. The van der Waals surface area contributed by atoms with Crippen molar-refractivity contribution in [1.82, 2.24) is 29.5 Å². The van der Waals surface area contributed by atoms with Crippen LogP contribution in [0.4, 0.5) is 27.7 Å². The summed E-state index contributed by atoms with van der Waals surface area (Å²) in [5.41, 5.74) is 1.74. The lowest BCUT2D eigenvalue weighted by Crippen LogP contribution is -2.48. The molecule has 1 aliphatic heterocycles. The SMILES string of the molecule is CC(C)(C)c1nc2cc(Nc3ncc(Cl)c(NC4CCN(c5ccc(C#N)cn5)CC4F)n3)ccn2n1. The van der Waals surface area contributed by atoms with Gasteiger partial charge in [-0.25, -0.2) is 23.9 Å². The molecule has 5 rings (SSSR count). The van der Waals surface area contributed by atoms with Crippen molar-refractivity contribution in [1.29, 1.82) is 5.26 Å². The smallest absolute Gasteiger partial charge is 0.229 e. The van der Waals surface area contributed by atoms with Gasteiger partial charge in [-0.15, -0.1) is 0 Å². The molecule has 5 heterocycles. The summed E-state index contributed by atoms with van der Waals surface area (Å²) < 4.78 is 16.9. The Morgan fingerprint density at radius 1 is 1.16 bits per heavy atom. The third-order valence-corrected chi connectivity index (χ3v) is 6.35. The van der Waals surface area contributed by atoms with Crippen LogP contribution in [0.25, 0.3) is 5.65 Å². The number of piperidine rings is 1. The number of anilines is 4. The van der Waals surface area contributed by atoms with Crippen LogP contribution in [-0.2, 0) is 5.41 Å². The van der Waals surface area contributed by atoms with E-state index in [-0.39, 0.29) is 12.0 Å². The third-order valence-electron chi connectivity index (χ3n) is 6.07. The van der Waals surface area contributed by atoms with Crippen molar-refractivity contribution in [2.45, 2.75) is 44.8 Å². The molecule has 2 N–H and O–H groups in total. The molecule has 4 aromatic heterocycles. The predicted octanol–water partition coefficient (Wildman–Crippen LogP) is 4.51. The second-order valence-corrected chi connectivity index (χ2v) is 10.3. The van der Waals surface area contributed by atoms with Crippen molar-refractivity contribution in [3.63, 3.8) is 0 Å². The summed E-state index contributed by atoms with van der Waals surface area (Å²) in [6.07, 6.45) is 4.13. The van der Waals surface area contributed by atoms with Crippen molar-refractivity contribution in [3.05, 3.63) is 59.3 Å². The van der Waals surface area contributed by atoms with Gasteiger partial charge in [0.1, 0.15) is 23.1 Å². The number of hydrogen-bond donors (Lipinski definition) is 2. The van der Waals surface area contributed by atoms with Gasteiger partial charge in [-0.3, -0.25) is 0 Å². The van der Waals surface area contributed by atoms with Crippen LogP contribution in [0.3, 0.4) is 0 Å². The average molecular weight is 521 g/mol. The zero-order valence-corrected chi connectivity index (χ0v) is 21.4. The quantitative estimate of drug-likeness (QED) is 0.391. The van der Waals surface area contributed by atoms with Crippen LogP contribution in [0.2, 0.25) is 5.02 Å². The molecule has 37 heavy (non-hydrogen) atoms. The number of rotatable bonds is 5. The fraction of sp³-hybridized carbons (Fsp3) is 0.360. The maximum Gasteiger partial charge on any atom is 0.229 e. The Kier molecular flexibility index (Phi) is 6.52. The summed E-state index contributed by atoms with van der Waals surface area (Å²) >= 11 is 6.34. The molecular formula is C25H26ClFN10. The Morgan fingerprint density at radius 3 is 2.70 bits per heavy atom. The van der Waals surface area contributed by atoms with Crippen molar-refractivity contribution in [2.24, 2.45) is 0 Å². The molecule has 2 unspecified atom stereocenters. The van der Waals surface area contributed by atoms with Crippen molar-refractivity contribution in [3.8, 4) is 6.07 Å². The van der Waals surface area contributed by atoms with Crippen molar-refractivity contribution >= 4 is 40.5 Å². The molecule has 0 aromatic carbocycles. The second kappa shape index (κ2) is 9.78. The molecule has 1 aliphatic rings. The molecule has 0 amide bonds. The van der Waals surface area contributed by atoms with Gasteiger partial charge in [0.25, 0.3) is 0 Å². The Balaban J connectivity index is 1.27. The lowest BCUT2D eigenvalue weighted by molar-refractivity contribution is 0.263. The Bertz CT molecular complexity index is 1460. The summed E-state index contributed by atoms with van der Waals surface area (Å²) in [7, 11) is 0. The average Bonchev–Trinajstić information content (AvgIpc) is 3.31. The van der Waals surface area contributed by atoms with E-state index in [0.29, 0.717) is 46.8 Å². The fourth-order valence-corrected chi connectivity index (χ4v) is 4.17. The zero-order valence-electron chi connectivity index (χ0n) is 20.7. The standard InChI is InChI=1S/C25H26ClFN10/c1-25(2,3)23-33-21-10-16(6-9-37(21)35-23)31-24-30-13-17(26)22(34-24)32-19-7-8-36(14-18(19)27)20-5-4-15(11-28)12-29-20/h4-6,9-10,12-13,18-19H,7-8,14H2,1-3H3,(H2,30,31,32,34). The third kappa shape index (κ3) is 5.39. The first kappa shape index (κ1) is 24.6. The van der Waals surface area contributed by atoms with Crippen LogP contribution in [0.5, 0.6) is 0 Å². The van der Waals surface area contributed by atoms with E-state index in [9.17, 15) is 0 Å². The molecule has 0 spiro atoms. The summed E-state index contributed by atoms with van der Waals surface area (Å²) in [5, 5.41) is 20.1. The lowest BCUT2D eigenvalue weighted by Gasteiger charge is -2.36. The van der Waals surface area contributed by atoms with Gasteiger partial charge >= 0.3 is 0 Å². The maximum atomic E-state index is 15.1. The molecule has 4 aromatic rings. The van der Waals surface area contributed by atoms with Crippen molar-refractivity contribution < 1.29 is 4.39 Å². The molecule has 1 saturated heterocycles. The van der Waals surface area contributed by atoms with Crippen LogP contribution in [0.15, 0.2) is 42.9 Å². The van der Waals surface area contributed by atoms with E-state index in [1.165, 1.54) is 12.4 Å². The number of nitrogens with zero attached hydrogens (tertiary/aromatic N) is 8. The maximum absolute atomic E-state index is 15.1. The first-order chi connectivity index (χ1) is 17.7. The Labute approximate surface area is 218 Å². The van der Waals surface area contributed by atoms with E-state index < -0.39 is 12.2 Å². The van der Waals surface area contributed by atoms with E-state index in [4.69, 9.17) is 16.9 Å². The predicted molar refractivity (Wildman–Crippen MR) is 140 cm³/mol. The summed E-state index contributed by atoms with van der Waals surface area (Å²) in [5.74, 6) is 2.07. The van der Waals surface area contributed by atoms with Gasteiger partial charge in [0.15, 0.2) is 17.3 Å². The van der Waals surface area contributed by atoms with E-state index >= 15 is 4.39 Å². The minimum Gasteiger partial charge on any atom is -0.363 e. The monoisotopic (exact) mass is 520 g/mol. The van der Waals surface area contributed by atoms with Gasteiger partial charge < -0.3 is 15.5 Å². The minimum absolute atomic E-state index is 0.164. The minimum atomic E-state index is -1.18. The van der Waals surface area contributed by atoms with E-state index in [2.05, 4.69) is 56.4 Å². The van der Waals surface area contributed by atoms with Gasteiger partial charge in [-0.1, -0.05) is 32.4 Å². The van der Waals surface area contributed by atoms with Crippen LogP contribution >= 0.6 is 11.6 Å². The summed E-state index contributed by atoms with van der Waals surface area (Å²) in [6.45, 7) is 6.95. The molecule has 10 nitrogen and oxygen atoms in total. The number of hydrogen-bond acceptors (Lipinski definition) is 9. The first-order valence-corrected chi connectivity index (χ1v) is 12.3. The molecular weight excluding hydrogens is 495 g/mol. The lowest BCUT2D eigenvalue weighted by atomic mass is 9.96. The van der Waals surface area contributed by atoms with E-state index in [1.807, 2.05) is 29.3 Å². The normalized spacial score (nSPS) is 18.0. The summed E-state index contributed by atoms with van der Waals surface area (Å²) in [4.78, 5) is 19.5. The number of pyridine rings is 2. The van der Waals surface area contributed by atoms with Gasteiger partial charge in [0, 0.05) is 36.1 Å². The summed E-state index contributed by atoms with van der Waals surface area (Å²) in [6, 6.07) is 8.69. The first-order valence-electron chi connectivity index (χ1n) is 11.9. The fourth-order valence-electron chi connectivity index (χ4n) is 4.03. The molecule has 0 radical (unpaired) electrons. The molecule has 12 heteroatoms. The highest BCUT2D eigenvalue weighted by atomic mass is 35.5. The molecule has 0 saturated carbocycles. The molecule has 1 fully saturated rings. The van der Waals surface area contributed by atoms with Gasteiger partial charge in [0.05, 0.1) is 24.3 Å². The van der Waals surface area contributed by atoms with E-state index in [1.54, 1.807) is 16.6 Å². The number of halogens is 2. The Hall–Kier alpha value is -4.04. The second-order valence-electron chi connectivity index (χ2n) is 9.94. The molecule has 0 bridgehead atoms. The Morgan fingerprint density at radius 2 is 2.00 bits per heavy atom. The highest BCUT2D eigenvalue weighted by Crippen LogP contribution is 2.27. The number of alkyl halides is 1. The zero-order chi connectivity index (χ0) is 26.2. The van der Waals surface area contributed by atoms with Crippen LogP contribution < -0.4 is 15.5 Å². The number of fused-ring (bicyclic) bond motifs is 1. The molecule has 0 aliphatic carbocycles. The largest absolute Gasteiger partial charge is 0.363 e. The van der Waals surface area contributed by atoms with Gasteiger partial charge in [-0.2, -0.15) is 15.3 Å². The highest BCUT2D eigenvalue weighted by molar-refractivity contribution is 6.32.